The summed E-state index contributed by atoms with van der Waals surface area (Å²) in [6.07, 6.45) is -3.24. The molecule has 0 amide bonds. The van der Waals surface area contributed by atoms with E-state index >= 15 is 0 Å². The Morgan fingerprint density at radius 1 is 0.829 bits per heavy atom. The highest BCUT2D eigenvalue weighted by atomic mass is 16.7. The van der Waals surface area contributed by atoms with E-state index in [2.05, 4.69) is 4.74 Å². The lowest BCUT2D eigenvalue weighted by Gasteiger charge is -2.22. The smallest absolute Gasteiger partial charge is 0.458 e. The number of carbonyl (C=O) groups is 4. The van der Waals surface area contributed by atoms with Gasteiger partial charge < -0.3 is 38.9 Å². The Hall–Kier alpha value is -3.54. The lowest BCUT2D eigenvalue weighted by molar-refractivity contribution is -0.155. The first-order valence-electron chi connectivity index (χ1n) is 11.1. The molecule has 0 saturated carbocycles. The van der Waals surface area contributed by atoms with Crippen LogP contribution in [0.4, 0.5) is 14.4 Å². The van der Waals surface area contributed by atoms with Gasteiger partial charge in [-0.25, -0.2) is 14.4 Å². The van der Waals surface area contributed by atoms with E-state index in [1.54, 1.807) is 0 Å². The molecule has 0 aliphatic rings. The third kappa shape index (κ3) is 11.0. The quantitative estimate of drug-likeness (QED) is 0.254. The van der Waals surface area contributed by atoms with Gasteiger partial charge in [0.2, 0.25) is 0 Å². The largest absolute Gasteiger partial charge is 0.513 e. The lowest BCUT2D eigenvalue weighted by Crippen LogP contribution is -2.39. The number of nitrogens with two attached hydrogens (primary N) is 1. The Labute approximate surface area is 203 Å². The van der Waals surface area contributed by atoms with E-state index in [0.717, 1.165) is 7.11 Å². The summed E-state index contributed by atoms with van der Waals surface area (Å²) in [5, 5.41) is 0. The van der Waals surface area contributed by atoms with Crippen molar-refractivity contribution in [1.29, 1.82) is 0 Å². The molecule has 12 heteroatoms. The van der Waals surface area contributed by atoms with Crippen LogP contribution in [0.15, 0.2) is 18.2 Å². The van der Waals surface area contributed by atoms with Gasteiger partial charge >= 0.3 is 24.4 Å². The fourth-order valence-corrected chi connectivity index (χ4v) is 2.45. The van der Waals surface area contributed by atoms with Crippen molar-refractivity contribution in [1.82, 2.24) is 0 Å². The Morgan fingerprint density at radius 3 is 1.91 bits per heavy atom. The molecule has 0 aliphatic carbocycles. The lowest BCUT2D eigenvalue weighted by atomic mass is 10.1. The minimum absolute atomic E-state index is 0.00127. The van der Waals surface area contributed by atoms with Gasteiger partial charge in [0.1, 0.15) is 18.2 Å². The number of esters is 1. The van der Waals surface area contributed by atoms with Crippen LogP contribution in [-0.2, 0) is 34.9 Å². The average molecular weight is 500 g/mol. The van der Waals surface area contributed by atoms with E-state index in [1.165, 1.54) is 32.0 Å². The van der Waals surface area contributed by atoms with E-state index in [1.807, 2.05) is 13.8 Å². The number of carbonyl (C=O) groups excluding carboxylic acids is 4. The number of methoxy groups -OCH3 is 1. The second-order valence-electron chi connectivity index (χ2n) is 7.41. The Balaban J connectivity index is 2.91. The number of hydrogen-bond acceptors (Lipinski definition) is 12. The first-order valence-corrected chi connectivity index (χ1v) is 11.1. The second-order valence-corrected chi connectivity index (χ2v) is 7.41. The zero-order chi connectivity index (χ0) is 26.4. The van der Waals surface area contributed by atoms with E-state index < -0.39 is 42.7 Å². The summed E-state index contributed by atoms with van der Waals surface area (Å²) in [5.74, 6) is -0.945. The molecule has 0 heterocycles. The summed E-state index contributed by atoms with van der Waals surface area (Å²) in [6, 6.07) is 3.20. The normalized spacial score (nSPS) is 13.0. The van der Waals surface area contributed by atoms with Crippen molar-refractivity contribution in [2.24, 2.45) is 5.73 Å². The first kappa shape index (κ1) is 29.5. The molecule has 0 aliphatic heterocycles. The molecular formula is C23H33NO11. The number of benzene rings is 1. The molecule has 2 N–H and O–H groups in total. The predicted molar refractivity (Wildman–Crippen MR) is 121 cm³/mol. The number of rotatable bonds is 12. The Bertz CT molecular complexity index is 858. The van der Waals surface area contributed by atoms with Gasteiger partial charge in [0.05, 0.1) is 20.3 Å². The van der Waals surface area contributed by atoms with Crippen LogP contribution in [0, 0.1) is 0 Å². The third-order valence-corrected chi connectivity index (χ3v) is 4.41. The second kappa shape index (κ2) is 15.4. The van der Waals surface area contributed by atoms with Crippen molar-refractivity contribution in [3.05, 3.63) is 23.8 Å². The first-order chi connectivity index (χ1) is 16.6. The summed E-state index contributed by atoms with van der Waals surface area (Å²) in [4.78, 5) is 47.4. The summed E-state index contributed by atoms with van der Waals surface area (Å²) < 4.78 is 34.6. The summed E-state index contributed by atoms with van der Waals surface area (Å²) in [6.45, 7) is 7.00. The molecule has 35 heavy (non-hydrogen) atoms. The fourth-order valence-electron chi connectivity index (χ4n) is 2.45. The van der Waals surface area contributed by atoms with Crippen molar-refractivity contribution in [3.8, 4) is 11.5 Å². The molecule has 0 radical (unpaired) electrons. The standard InChI is InChI=1S/C23H33NO11/c1-6-10-30-22(27)34-18-9-8-16(13-19(18)35-23(28)31-11-7-2)12-17(24)20(25)32-14(3)15(4)33-21(26)29-5/h8-9,13-15,17H,6-7,10-12,24H2,1-5H3/t14-,15?,17-/m0/s1. The van der Waals surface area contributed by atoms with Gasteiger partial charge in [-0.3, -0.25) is 4.79 Å². The van der Waals surface area contributed by atoms with Crippen LogP contribution >= 0.6 is 0 Å². The zero-order valence-electron chi connectivity index (χ0n) is 20.6. The van der Waals surface area contributed by atoms with Gasteiger partial charge in [-0.05, 0) is 50.8 Å². The van der Waals surface area contributed by atoms with Gasteiger partial charge in [-0.1, -0.05) is 19.9 Å². The van der Waals surface area contributed by atoms with Gasteiger partial charge in [0.25, 0.3) is 0 Å². The SMILES string of the molecule is CCCOC(=O)Oc1ccc(C[C@H](N)C(=O)O[C@@H](C)C(C)OC(=O)OC)cc1OC(=O)OCCC. The van der Waals surface area contributed by atoms with Crippen molar-refractivity contribution < 1.29 is 52.3 Å². The predicted octanol–water partition coefficient (Wildman–Crippen LogP) is 3.51. The molecule has 0 fully saturated rings. The molecule has 0 bridgehead atoms. The van der Waals surface area contributed by atoms with Gasteiger partial charge in [0.15, 0.2) is 11.5 Å². The Kier molecular flexibility index (Phi) is 13.0. The number of ether oxygens (including phenoxy) is 7. The monoisotopic (exact) mass is 499 g/mol. The molecule has 1 aromatic carbocycles. The van der Waals surface area contributed by atoms with Crippen molar-refractivity contribution in [2.75, 3.05) is 20.3 Å². The molecule has 1 aromatic rings. The molecule has 1 unspecified atom stereocenters. The molecule has 0 spiro atoms. The maximum Gasteiger partial charge on any atom is 0.513 e. The summed E-state index contributed by atoms with van der Waals surface area (Å²) >= 11 is 0. The van der Waals surface area contributed by atoms with Crippen LogP contribution in [0.2, 0.25) is 0 Å². The van der Waals surface area contributed by atoms with Crippen molar-refractivity contribution >= 4 is 24.4 Å². The molecule has 196 valence electrons. The van der Waals surface area contributed by atoms with E-state index in [0.29, 0.717) is 18.4 Å². The van der Waals surface area contributed by atoms with Crippen LogP contribution in [0.5, 0.6) is 11.5 Å². The molecule has 12 nitrogen and oxygen atoms in total. The molecule has 3 atom stereocenters. The summed E-state index contributed by atoms with van der Waals surface area (Å²) in [7, 11) is 1.16. The summed E-state index contributed by atoms with van der Waals surface area (Å²) in [5.41, 5.74) is 6.45. The van der Waals surface area contributed by atoms with Crippen LogP contribution in [-0.4, -0.2) is 63.0 Å². The highest BCUT2D eigenvalue weighted by molar-refractivity contribution is 5.76. The molecular weight excluding hydrogens is 466 g/mol. The maximum absolute atomic E-state index is 12.4. The molecule has 0 saturated heterocycles. The molecule has 1 rings (SSSR count). The average Bonchev–Trinajstić information content (AvgIpc) is 2.82. The van der Waals surface area contributed by atoms with E-state index in [9.17, 15) is 19.2 Å². The van der Waals surface area contributed by atoms with Gasteiger partial charge in [0, 0.05) is 0 Å². The van der Waals surface area contributed by atoms with Crippen LogP contribution < -0.4 is 15.2 Å². The molecule has 0 aromatic heterocycles. The van der Waals surface area contributed by atoms with E-state index in [4.69, 9.17) is 34.2 Å². The minimum atomic E-state index is -1.09. The third-order valence-electron chi connectivity index (χ3n) is 4.41. The maximum atomic E-state index is 12.4. The van der Waals surface area contributed by atoms with Crippen LogP contribution in [0.25, 0.3) is 0 Å². The van der Waals surface area contributed by atoms with Crippen LogP contribution in [0.3, 0.4) is 0 Å². The highest BCUT2D eigenvalue weighted by Crippen LogP contribution is 2.30. The van der Waals surface area contributed by atoms with Crippen molar-refractivity contribution in [3.63, 3.8) is 0 Å². The highest BCUT2D eigenvalue weighted by Gasteiger charge is 2.25. The van der Waals surface area contributed by atoms with Crippen molar-refractivity contribution in [2.45, 2.75) is 65.2 Å². The topological polar surface area (TPSA) is 159 Å². The number of hydrogen-bond donors (Lipinski definition) is 1. The zero-order valence-corrected chi connectivity index (χ0v) is 20.6. The van der Waals surface area contributed by atoms with Gasteiger partial charge in [-0.2, -0.15) is 0 Å². The van der Waals surface area contributed by atoms with E-state index in [-0.39, 0.29) is 31.1 Å². The fraction of sp³-hybridized carbons (Fsp3) is 0.565. The van der Waals surface area contributed by atoms with Crippen LogP contribution in [0.1, 0.15) is 46.1 Å². The Morgan fingerprint density at radius 2 is 1.37 bits per heavy atom. The van der Waals surface area contributed by atoms with Gasteiger partial charge in [-0.15, -0.1) is 0 Å². The minimum Gasteiger partial charge on any atom is -0.458 e.